The number of nitrogens with one attached hydrogen (secondary N) is 1. The molecular formula is C18H22N2O5S. The zero-order chi connectivity index (χ0) is 19.2. The van der Waals surface area contributed by atoms with Crippen molar-refractivity contribution in [3.63, 3.8) is 0 Å². The number of nitrogens with two attached hydrogens (primary N) is 1. The smallest absolute Gasteiger partial charge is 0.255 e. The molecule has 3 N–H and O–H groups in total. The van der Waals surface area contributed by atoms with Crippen molar-refractivity contribution in [1.82, 2.24) is 5.32 Å². The lowest BCUT2D eigenvalue weighted by molar-refractivity contribution is 0.0944. The van der Waals surface area contributed by atoms with Crippen LogP contribution >= 0.6 is 0 Å². The highest BCUT2D eigenvalue weighted by atomic mass is 32.2. The lowest BCUT2D eigenvalue weighted by Crippen LogP contribution is -2.28. The first-order valence-corrected chi connectivity index (χ1v) is 9.61. The second-order valence-corrected chi connectivity index (χ2v) is 7.03. The molecular weight excluding hydrogens is 356 g/mol. The monoisotopic (exact) mass is 378 g/mol. The third-order valence-electron chi connectivity index (χ3n) is 3.74. The lowest BCUT2D eigenvalue weighted by atomic mass is 10.1. The number of hydrogen-bond acceptors (Lipinski definition) is 5. The molecule has 2 aromatic carbocycles. The number of amides is 1. The predicted molar refractivity (Wildman–Crippen MR) is 98.0 cm³/mol. The standard InChI is InChI=1S/C18H22N2O5S/c1-3-13-12-14(26(19,22)23)8-9-16(13)25-11-10-20-18(21)15-6-4-5-7-17(15)24-2/h4-9,12H,3,10-11H2,1-2H3,(H,20,21)(H2,19,22,23). The minimum Gasteiger partial charge on any atom is -0.496 e. The zero-order valence-electron chi connectivity index (χ0n) is 14.7. The van der Waals surface area contributed by atoms with Gasteiger partial charge in [-0.2, -0.15) is 0 Å². The molecule has 0 saturated heterocycles. The molecule has 0 bridgehead atoms. The highest BCUT2D eigenvalue weighted by Gasteiger charge is 2.13. The zero-order valence-corrected chi connectivity index (χ0v) is 15.5. The topological polar surface area (TPSA) is 108 Å². The maximum atomic E-state index is 12.2. The summed E-state index contributed by atoms with van der Waals surface area (Å²) in [4.78, 5) is 12.2. The van der Waals surface area contributed by atoms with Gasteiger partial charge in [0.25, 0.3) is 5.91 Å². The van der Waals surface area contributed by atoms with E-state index in [4.69, 9.17) is 14.6 Å². The number of primary sulfonamides is 1. The molecule has 0 spiro atoms. The molecule has 7 nitrogen and oxygen atoms in total. The summed E-state index contributed by atoms with van der Waals surface area (Å²) < 4.78 is 33.6. The van der Waals surface area contributed by atoms with E-state index in [-0.39, 0.29) is 24.0 Å². The van der Waals surface area contributed by atoms with Crippen LogP contribution in [0.5, 0.6) is 11.5 Å². The second kappa shape index (κ2) is 8.68. The van der Waals surface area contributed by atoms with Gasteiger partial charge in [-0.25, -0.2) is 13.6 Å². The van der Waals surface area contributed by atoms with Gasteiger partial charge in [0.2, 0.25) is 10.0 Å². The maximum Gasteiger partial charge on any atom is 0.255 e. The molecule has 0 aromatic heterocycles. The van der Waals surface area contributed by atoms with Gasteiger partial charge in [-0.3, -0.25) is 4.79 Å². The molecule has 0 saturated carbocycles. The van der Waals surface area contributed by atoms with Gasteiger partial charge in [0.1, 0.15) is 18.1 Å². The van der Waals surface area contributed by atoms with Crippen molar-refractivity contribution in [1.29, 1.82) is 0 Å². The van der Waals surface area contributed by atoms with Crippen LogP contribution in [0.15, 0.2) is 47.4 Å². The van der Waals surface area contributed by atoms with Gasteiger partial charge < -0.3 is 14.8 Å². The molecule has 0 aliphatic rings. The summed E-state index contributed by atoms with van der Waals surface area (Å²) in [5.74, 6) is 0.801. The van der Waals surface area contributed by atoms with Gasteiger partial charge in [0.05, 0.1) is 24.1 Å². The van der Waals surface area contributed by atoms with Gasteiger partial charge in [-0.15, -0.1) is 0 Å². The minimum absolute atomic E-state index is 0.0474. The number of benzene rings is 2. The van der Waals surface area contributed by atoms with Crippen LogP contribution in [-0.2, 0) is 16.4 Å². The minimum atomic E-state index is -3.75. The normalized spacial score (nSPS) is 11.0. The average molecular weight is 378 g/mol. The summed E-state index contributed by atoms with van der Waals surface area (Å²) in [5, 5.41) is 7.90. The molecule has 8 heteroatoms. The van der Waals surface area contributed by atoms with Gasteiger partial charge >= 0.3 is 0 Å². The van der Waals surface area contributed by atoms with Crippen molar-refractivity contribution in [2.24, 2.45) is 5.14 Å². The second-order valence-electron chi connectivity index (χ2n) is 5.47. The molecule has 140 valence electrons. The van der Waals surface area contributed by atoms with Crippen LogP contribution < -0.4 is 19.9 Å². The van der Waals surface area contributed by atoms with Gasteiger partial charge in [0, 0.05) is 0 Å². The van der Waals surface area contributed by atoms with Gasteiger partial charge in [-0.05, 0) is 42.3 Å². The number of sulfonamides is 1. The van der Waals surface area contributed by atoms with E-state index in [1.165, 1.54) is 19.2 Å². The largest absolute Gasteiger partial charge is 0.496 e. The van der Waals surface area contributed by atoms with Crippen LogP contribution in [0.1, 0.15) is 22.8 Å². The van der Waals surface area contributed by atoms with E-state index < -0.39 is 10.0 Å². The molecule has 0 aliphatic carbocycles. The molecule has 26 heavy (non-hydrogen) atoms. The molecule has 1 amide bonds. The van der Waals surface area contributed by atoms with E-state index in [0.29, 0.717) is 23.5 Å². The molecule has 2 aromatic rings. The van der Waals surface area contributed by atoms with E-state index in [1.807, 2.05) is 6.92 Å². The Balaban J connectivity index is 1.95. The van der Waals surface area contributed by atoms with Crippen molar-refractivity contribution in [2.75, 3.05) is 20.3 Å². The molecule has 0 atom stereocenters. The van der Waals surface area contributed by atoms with Crippen LogP contribution in [0.4, 0.5) is 0 Å². The van der Waals surface area contributed by atoms with Crippen molar-refractivity contribution in [3.8, 4) is 11.5 Å². The summed E-state index contributed by atoms with van der Waals surface area (Å²) in [6, 6.07) is 11.4. The van der Waals surface area contributed by atoms with Gasteiger partial charge in [0.15, 0.2) is 0 Å². The summed E-state index contributed by atoms with van der Waals surface area (Å²) in [5.41, 5.74) is 1.18. The van der Waals surface area contributed by atoms with Crippen LogP contribution in [0.3, 0.4) is 0 Å². The predicted octanol–water partition coefficient (Wildman–Crippen LogP) is 1.71. The Labute approximate surface area is 153 Å². The number of aryl methyl sites for hydroxylation is 1. The SMILES string of the molecule is CCc1cc(S(N)(=O)=O)ccc1OCCNC(=O)c1ccccc1OC. The number of rotatable bonds is 8. The van der Waals surface area contributed by atoms with E-state index in [2.05, 4.69) is 5.32 Å². The molecule has 0 unspecified atom stereocenters. The third-order valence-corrected chi connectivity index (χ3v) is 4.65. The number of hydrogen-bond donors (Lipinski definition) is 2. The number of para-hydroxylation sites is 1. The first-order chi connectivity index (χ1) is 12.4. The Kier molecular flexibility index (Phi) is 6.59. The number of methoxy groups -OCH3 is 1. The quantitative estimate of drug-likeness (QED) is 0.680. The number of carbonyl (C=O) groups is 1. The summed E-state index contributed by atoms with van der Waals surface area (Å²) in [6.07, 6.45) is 0.590. The van der Waals surface area contributed by atoms with Crippen LogP contribution in [0.25, 0.3) is 0 Å². The first-order valence-electron chi connectivity index (χ1n) is 8.06. The lowest BCUT2D eigenvalue weighted by Gasteiger charge is -2.13. The van der Waals surface area contributed by atoms with Crippen molar-refractivity contribution in [3.05, 3.63) is 53.6 Å². The van der Waals surface area contributed by atoms with Crippen molar-refractivity contribution in [2.45, 2.75) is 18.2 Å². The van der Waals surface area contributed by atoms with E-state index >= 15 is 0 Å². The third kappa shape index (κ3) is 4.96. The Morgan fingerprint density at radius 3 is 2.54 bits per heavy atom. The molecule has 0 fully saturated rings. The maximum absolute atomic E-state index is 12.2. The summed E-state index contributed by atoms with van der Waals surface area (Å²) in [7, 11) is -2.24. The first kappa shape index (κ1) is 19.7. The molecule has 0 aliphatic heterocycles. The highest BCUT2D eigenvalue weighted by Crippen LogP contribution is 2.22. The van der Waals surface area contributed by atoms with Crippen LogP contribution in [0.2, 0.25) is 0 Å². The van der Waals surface area contributed by atoms with Crippen molar-refractivity contribution >= 4 is 15.9 Å². The van der Waals surface area contributed by atoms with E-state index in [0.717, 1.165) is 5.56 Å². The fourth-order valence-electron chi connectivity index (χ4n) is 2.40. The molecule has 0 radical (unpaired) electrons. The van der Waals surface area contributed by atoms with E-state index in [1.54, 1.807) is 30.3 Å². The summed E-state index contributed by atoms with van der Waals surface area (Å²) >= 11 is 0. The Bertz CT molecular complexity index is 881. The Morgan fingerprint density at radius 2 is 1.88 bits per heavy atom. The highest BCUT2D eigenvalue weighted by molar-refractivity contribution is 7.89. The molecule has 0 heterocycles. The fraction of sp³-hybridized carbons (Fsp3) is 0.278. The van der Waals surface area contributed by atoms with E-state index in [9.17, 15) is 13.2 Å². The van der Waals surface area contributed by atoms with Crippen LogP contribution in [-0.4, -0.2) is 34.6 Å². The van der Waals surface area contributed by atoms with Crippen molar-refractivity contribution < 1.29 is 22.7 Å². The van der Waals surface area contributed by atoms with Crippen LogP contribution in [0, 0.1) is 0 Å². The fourth-order valence-corrected chi connectivity index (χ4v) is 2.97. The average Bonchev–Trinajstić information content (AvgIpc) is 2.64. The van der Waals surface area contributed by atoms with Gasteiger partial charge in [-0.1, -0.05) is 19.1 Å². The molecule has 2 rings (SSSR count). The number of ether oxygens (including phenoxy) is 2. The Hall–Kier alpha value is -2.58. The Morgan fingerprint density at radius 1 is 1.15 bits per heavy atom. The number of carbonyl (C=O) groups excluding carboxylic acids is 1. The summed E-state index contributed by atoms with van der Waals surface area (Å²) in [6.45, 7) is 2.41.